The Balaban J connectivity index is 0.000000345. The first kappa shape index (κ1) is 23.7. The molecule has 128 valence electrons. The minimum absolute atomic E-state index is 0. The van der Waals surface area contributed by atoms with Gasteiger partial charge in [-0.15, -0.1) is 29.7 Å². The van der Waals surface area contributed by atoms with E-state index < -0.39 is 0 Å². The molecule has 4 aromatic carbocycles. The maximum atomic E-state index is 2.25. The molecule has 0 amide bonds. The van der Waals surface area contributed by atoms with Crippen molar-refractivity contribution in [1.29, 1.82) is 0 Å². The number of hydrogen-bond acceptors (Lipinski definition) is 0. The van der Waals surface area contributed by atoms with Crippen molar-refractivity contribution in [3.05, 3.63) is 109 Å². The largest absolute Gasteiger partial charge is 0.214 e. The minimum atomic E-state index is 0. The first-order chi connectivity index (χ1) is 11.4. The van der Waals surface area contributed by atoms with Crippen molar-refractivity contribution in [2.24, 2.45) is 0 Å². The fraction of sp³-hybridized carbons (Fsp3) is 0.0455. The molecule has 3 heteroatoms. The summed E-state index contributed by atoms with van der Waals surface area (Å²) in [5, 5.41) is 2.66. The third-order valence-electron chi connectivity index (χ3n) is 3.28. The van der Waals surface area contributed by atoms with E-state index in [-0.39, 0.29) is 24.8 Å². The number of fused-ring (bicyclic) bond motifs is 1. The second kappa shape index (κ2) is 15.0. The summed E-state index contributed by atoms with van der Waals surface area (Å²) in [5.41, 5.74) is 1.41. The molecule has 0 aliphatic heterocycles. The zero-order chi connectivity index (χ0) is 16.2. The molecule has 4 aromatic rings. The van der Waals surface area contributed by atoms with Gasteiger partial charge in [-0.2, -0.15) is 35.7 Å². The Bertz CT molecular complexity index is 727. The molecule has 0 spiro atoms. The van der Waals surface area contributed by atoms with Crippen LogP contribution in [0.3, 0.4) is 0 Å². The van der Waals surface area contributed by atoms with Crippen molar-refractivity contribution in [2.45, 2.75) is 6.42 Å². The Morgan fingerprint density at radius 3 is 1.92 bits per heavy atom. The quantitative estimate of drug-likeness (QED) is 0.366. The molecule has 0 aromatic heterocycles. The Morgan fingerprint density at radius 2 is 1.36 bits per heavy atom. The second-order valence-corrected chi connectivity index (χ2v) is 6.01. The van der Waals surface area contributed by atoms with Gasteiger partial charge in [0.15, 0.2) is 0 Å². The van der Waals surface area contributed by atoms with Crippen molar-refractivity contribution < 1.29 is 49.0 Å². The van der Waals surface area contributed by atoms with E-state index in [9.17, 15) is 0 Å². The van der Waals surface area contributed by atoms with Gasteiger partial charge in [0.1, 0.15) is 0 Å². The predicted octanol–water partition coefficient (Wildman–Crippen LogP) is -0.450. The Hall–Kier alpha value is -1.27. The van der Waals surface area contributed by atoms with Crippen LogP contribution in [0.5, 0.6) is 0 Å². The van der Waals surface area contributed by atoms with Gasteiger partial charge in [-0.3, -0.25) is 0 Å². The Kier molecular flexibility index (Phi) is 14.3. The summed E-state index contributed by atoms with van der Waals surface area (Å²) in [7, 11) is 0. The molecule has 0 nitrogen and oxygen atoms in total. The van der Waals surface area contributed by atoms with Crippen LogP contribution in [0.15, 0.2) is 103 Å². The van der Waals surface area contributed by atoms with Crippen molar-refractivity contribution in [2.75, 3.05) is 0 Å². The normalized spacial score (nSPS) is 8.56. The smallest absolute Gasteiger partial charge is 0.0809 e. The van der Waals surface area contributed by atoms with Crippen LogP contribution in [-0.4, -0.2) is 3.71 Å². The van der Waals surface area contributed by atoms with E-state index in [1.54, 1.807) is 0 Å². The molecule has 0 unspecified atom stereocenters. The maximum absolute atomic E-state index is 2.25. The molecule has 0 N–H and O–H groups in total. The minimum Gasteiger partial charge on any atom is -0.214 e. The van der Waals surface area contributed by atoms with Crippen LogP contribution >= 0.6 is 0 Å². The zero-order valence-corrected chi connectivity index (χ0v) is 17.8. The summed E-state index contributed by atoms with van der Waals surface area (Å²) in [6, 6.07) is 35.2. The van der Waals surface area contributed by atoms with Crippen molar-refractivity contribution in [3.63, 3.8) is 0 Å². The third-order valence-corrected chi connectivity index (χ3v) is 3.79. The number of hydrogen-bond donors (Lipinski definition) is 0. The third kappa shape index (κ3) is 9.70. The van der Waals surface area contributed by atoms with Gasteiger partial charge in [0.05, 0.1) is 0 Å². The molecule has 0 atom stereocenters. The molecule has 0 saturated heterocycles. The van der Waals surface area contributed by atoms with E-state index in [4.69, 9.17) is 0 Å². The standard InChI is InChI=1S/C9H7.C8H8.C5H5.2ClH.Zr/c1-2-5-9-7-3-6-8(9)4-1;1-2-8-6-4-3-5-7-8;1-2-4-5-3-1;;;/h1-7H;1,3-7H,2H2;1-5H;2*1H;/q-1;;-1;;;+2/p-2. The van der Waals surface area contributed by atoms with E-state index in [0.29, 0.717) is 0 Å². The van der Waals surface area contributed by atoms with Crippen LogP contribution in [-0.2, 0) is 30.7 Å². The van der Waals surface area contributed by atoms with Crippen molar-refractivity contribution >= 4 is 14.5 Å². The fourth-order valence-corrected chi connectivity index (χ4v) is 2.70. The summed E-state index contributed by atoms with van der Waals surface area (Å²) in [6.07, 6.45) is 1.12. The number of rotatable bonds is 2. The summed E-state index contributed by atoms with van der Waals surface area (Å²) in [6.45, 7) is 0. The first-order valence-corrected chi connectivity index (χ1v) is 9.12. The fourth-order valence-electron chi connectivity index (χ4n) is 2.12. The average Bonchev–Trinajstić information content (AvgIpc) is 3.31. The van der Waals surface area contributed by atoms with E-state index in [1.807, 2.05) is 36.4 Å². The summed E-state index contributed by atoms with van der Waals surface area (Å²) in [4.78, 5) is 0. The van der Waals surface area contributed by atoms with Gasteiger partial charge in [0, 0.05) is 0 Å². The number of halogens is 2. The van der Waals surface area contributed by atoms with Crippen LogP contribution in [0, 0.1) is 0 Å². The van der Waals surface area contributed by atoms with Gasteiger partial charge in [-0.25, -0.2) is 12.1 Å². The summed E-state index contributed by atoms with van der Waals surface area (Å²) < 4.78 is 2.25. The van der Waals surface area contributed by atoms with Crippen molar-refractivity contribution in [3.8, 4) is 0 Å². The monoisotopic (exact) mass is 444 g/mol. The van der Waals surface area contributed by atoms with Gasteiger partial charge in [0.2, 0.25) is 0 Å². The zero-order valence-electron chi connectivity index (χ0n) is 13.9. The molecule has 25 heavy (non-hydrogen) atoms. The Morgan fingerprint density at radius 1 is 0.720 bits per heavy atom. The molecular weight excluding hydrogens is 426 g/mol. The molecule has 0 radical (unpaired) electrons. The van der Waals surface area contributed by atoms with Crippen LogP contribution in [0.4, 0.5) is 0 Å². The van der Waals surface area contributed by atoms with Crippen LogP contribution in [0.25, 0.3) is 10.8 Å². The van der Waals surface area contributed by atoms with Gasteiger partial charge in [-0.05, 0) is 0 Å². The number of benzene rings is 2. The summed E-state index contributed by atoms with van der Waals surface area (Å²) >= 11 is 1.51. The van der Waals surface area contributed by atoms with E-state index in [1.165, 1.54) is 40.6 Å². The van der Waals surface area contributed by atoms with Gasteiger partial charge in [-0.1, -0.05) is 6.07 Å². The van der Waals surface area contributed by atoms with Crippen LogP contribution < -0.4 is 24.8 Å². The van der Waals surface area contributed by atoms with Gasteiger partial charge < -0.3 is 24.8 Å². The van der Waals surface area contributed by atoms with Crippen LogP contribution in [0.1, 0.15) is 5.56 Å². The van der Waals surface area contributed by atoms with Gasteiger partial charge >= 0.3 is 70.3 Å². The maximum Gasteiger partial charge on any atom is -0.0809 e. The topological polar surface area (TPSA) is 0 Å². The molecule has 0 bridgehead atoms. The second-order valence-electron chi connectivity index (χ2n) is 5.01. The average molecular weight is 447 g/mol. The van der Waals surface area contributed by atoms with Crippen molar-refractivity contribution in [1.82, 2.24) is 0 Å². The van der Waals surface area contributed by atoms with Crippen LogP contribution in [0.2, 0.25) is 0 Å². The molecule has 4 rings (SSSR count). The Labute approximate surface area is 177 Å². The predicted molar refractivity (Wildman–Crippen MR) is 97.8 cm³/mol. The van der Waals surface area contributed by atoms with Gasteiger partial charge in [0.25, 0.3) is 0 Å². The molecule has 0 fully saturated rings. The molecule has 0 saturated carbocycles. The molecule has 0 aliphatic rings. The summed E-state index contributed by atoms with van der Waals surface area (Å²) in [5.74, 6) is 0. The molecule has 0 heterocycles. The SMILES string of the molecule is [Cl-].[Cl-].[Zr+2]=[CH]Cc1ccccc1.c1cc[cH-]c1.c1ccc2[cH-]ccc2c1. The van der Waals surface area contributed by atoms with E-state index in [2.05, 4.69) is 70.4 Å². The molecule has 0 aliphatic carbocycles. The van der Waals surface area contributed by atoms with E-state index >= 15 is 0 Å². The molecular formula is C22H20Cl2Zr-2. The first-order valence-electron chi connectivity index (χ1n) is 7.70. The van der Waals surface area contributed by atoms with E-state index in [0.717, 1.165) is 6.42 Å².